The summed E-state index contributed by atoms with van der Waals surface area (Å²) in [5, 5.41) is 10.4. The van der Waals surface area contributed by atoms with Gasteiger partial charge in [0.25, 0.3) is 0 Å². The van der Waals surface area contributed by atoms with Gasteiger partial charge < -0.3 is 15.5 Å². The van der Waals surface area contributed by atoms with Crippen LogP contribution in [0.2, 0.25) is 0 Å². The smallest absolute Gasteiger partial charge is 0.357 e. The topological polar surface area (TPSA) is 74.6 Å². The third-order valence-electron chi connectivity index (χ3n) is 3.50. The Morgan fingerprint density at radius 2 is 2.00 bits per heavy atom. The molecule has 2 N–H and O–H groups in total. The van der Waals surface area contributed by atoms with E-state index < -0.39 is 18.6 Å². The summed E-state index contributed by atoms with van der Waals surface area (Å²) in [6.45, 7) is 6.07. The number of rotatable bonds is 8. The molecule has 1 aromatic rings. The molecule has 11 heteroatoms. The average Bonchev–Trinajstić information content (AvgIpc) is 2.84. The monoisotopic (exact) mass is 504 g/mol. The van der Waals surface area contributed by atoms with Gasteiger partial charge in [-0.25, -0.2) is 4.99 Å². The number of likely N-dealkylation sites (N-methyl/N-ethyl adjacent to an activating group) is 1. The second-order valence-electron chi connectivity index (χ2n) is 5.99. The van der Waals surface area contributed by atoms with Crippen LogP contribution in [0.1, 0.15) is 24.7 Å². The molecule has 0 radical (unpaired) electrons. The Kier molecular flexibility index (Phi) is 11.4. The number of carbonyl (C=O) groups excluding carboxylic acids is 1. The molecule has 0 saturated carbocycles. The third kappa shape index (κ3) is 10.4. The molecule has 0 aliphatic heterocycles. The molecular weight excluding hydrogens is 476 g/mol. The Balaban J connectivity index is 0.00000676. The van der Waals surface area contributed by atoms with Gasteiger partial charge in [0, 0.05) is 32.4 Å². The van der Waals surface area contributed by atoms with E-state index in [4.69, 9.17) is 0 Å². The first-order chi connectivity index (χ1) is 12.1. The molecule has 1 rings (SSSR count). The fourth-order valence-corrected chi connectivity index (χ4v) is 2.30. The van der Waals surface area contributed by atoms with Gasteiger partial charge >= 0.3 is 6.18 Å². The maximum atomic E-state index is 12.3. The van der Waals surface area contributed by atoms with Gasteiger partial charge in [0.15, 0.2) is 5.96 Å². The fourth-order valence-electron chi connectivity index (χ4n) is 2.30. The van der Waals surface area contributed by atoms with Crippen molar-refractivity contribution in [2.45, 2.75) is 39.9 Å². The van der Waals surface area contributed by atoms with Crippen LogP contribution in [0, 0.1) is 13.8 Å². The number of hydrogen-bond donors (Lipinski definition) is 2. The molecule has 7 nitrogen and oxygen atoms in total. The van der Waals surface area contributed by atoms with E-state index >= 15 is 0 Å². The molecule has 0 aliphatic carbocycles. The molecular formula is C16H28F3IN6O. The van der Waals surface area contributed by atoms with Crippen molar-refractivity contribution in [1.82, 2.24) is 25.3 Å². The molecule has 0 fully saturated rings. The number of amides is 1. The highest BCUT2D eigenvalue weighted by atomic mass is 127. The number of aromatic nitrogens is 2. The summed E-state index contributed by atoms with van der Waals surface area (Å²) >= 11 is 0. The zero-order valence-corrected chi connectivity index (χ0v) is 18.4. The zero-order valence-electron chi connectivity index (χ0n) is 16.1. The minimum atomic E-state index is -4.42. The Morgan fingerprint density at radius 1 is 1.33 bits per heavy atom. The summed E-state index contributed by atoms with van der Waals surface area (Å²) in [5.41, 5.74) is 2.05. The molecule has 0 atom stereocenters. The molecule has 1 amide bonds. The minimum Gasteiger partial charge on any atom is -0.357 e. The van der Waals surface area contributed by atoms with Crippen molar-refractivity contribution in [3.05, 3.63) is 17.5 Å². The molecule has 0 aliphatic rings. The highest BCUT2D eigenvalue weighted by Gasteiger charge is 2.30. The summed E-state index contributed by atoms with van der Waals surface area (Å²) in [4.78, 5) is 16.4. The van der Waals surface area contributed by atoms with Crippen LogP contribution in [0.4, 0.5) is 13.2 Å². The van der Waals surface area contributed by atoms with E-state index in [0.29, 0.717) is 23.9 Å². The van der Waals surface area contributed by atoms with Crippen LogP contribution in [0.15, 0.2) is 11.1 Å². The van der Waals surface area contributed by atoms with Gasteiger partial charge in [-0.1, -0.05) is 0 Å². The molecule has 27 heavy (non-hydrogen) atoms. The van der Waals surface area contributed by atoms with Crippen LogP contribution in [0.3, 0.4) is 0 Å². The van der Waals surface area contributed by atoms with E-state index in [9.17, 15) is 18.0 Å². The van der Waals surface area contributed by atoms with Crippen molar-refractivity contribution in [2.24, 2.45) is 4.99 Å². The van der Waals surface area contributed by atoms with Crippen molar-refractivity contribution < 1.29 is 18.0 Å². The Labute approximate surface area is 174 Å². The fraction of sp³-hybridized carbons (Fsp3) is 0.688. The van der Waals surface area contributed by atoms with Crippen molar-refractivity contribution >= 4 is 35.8 Å². The SMILES string of the molecule is CCNC(=NCC(=O)N(C)CC(F)(F)F)NCCCn1nc(C)cc1C.I. The van der Waals surface area contributed by atoms with Gasteiger partial charge in [-0.05, 0) is 33.3 Å². The maximum Gasteiger partial charge on any atom is 0.406 e. The highest BCUT2D eigenvalue weighted by Crippen LogP contribution is 2.15. The lowest BCUT2D eigenvalue weighted by Gasteiger charge is -2.18. The van der Waals surface area contributed by atoms with Gasteiger partial charge in [-0.15, -0.1) is 24.0 Å². The lowest BCUT2D eigenvalue weighted by Crippen LogP contribution is -2.40. The van der Waals surface area contributed by atoms with Gasteiger partial charge in [0.05, 0.1) is 5.69 Å². The van der Waals surface area contributed by atoms with Crippen LogP contribution in [0.5, 0.6) is 0 Å². The molecule has 0 unspecified atom stereocenters. The van der Waals surface area contributed by atoms with E-state index in [2.05, 4.69) is 20.7 Å². The molecule has 0 aromatic carbocycles. The maximum absolute atomic E-state index is 12.3. The van der Waals surface area contributed by atoms with Crippen molar-refractivity contribution in [1.29, 1.82) is 0 Å². The Morgan fingerprint density at radius 3 is 2.52 bits per heavy atom. The second kappa shape index (κ2) is 12.0. The third-order valence-corrected chi connectivity index (χ3v) is 3.50. The van der Waals surface area contributed by atoms with Gasteiger partial charge in [0.2, 0.25) is 5.91 Å². The summed E-state index contributed by atoms with van der Waals surface area (Å²) in [5.74, 6) is -0.295. The van der Waals surface area contributed by atoms with E-state index in [1.165, 1.54) is 0 Å². The van der Waals surface area contributed by atoms with Crippen LogP contribution >= 0.6 is 24.0 Å². The highest BCUT2D eigenvalue weighted by molar-refractivity contribution is 14.0. The number of guanidine groups is 1. The number of carbonyl (C=O) groups is 1. The van der Waals surface area contributed by atoms with Crippen molar-refractivity contribution in [3.8, 4) is 0 Å². The normalized spacial score (nSPS) is 11.7. The number of alkyl halides is 3. The number of hydrogen-bond acceptors (Lipinski definition) is 3. The van der Waals surface area contributed by atoms with Gasteiger partial charge in [0.1, 0.15) is 13.1 Å². The molecule has 0 saturated heterocycles. The largest absolute Gasteiger partial charge is 0.406 e. The lowest BCUT2D eigenvalue weighted by molar-refractivity contribution is -0.157. The first-order valence-electron chi connectivity index (χ1n) is 8.46. The van der Waals surface area contributed by atoms with E-state index in [1.807, 2.05) is 31.5 Å². The summed E-state index contributed by atoms with van der Waals surface area (Å²) < 4.78 is 38.8. The van der Waals surface area contributed by atoms with Crippen LogP contribution < -0.4 is 10.6 Å². The molecule has 1 heterocycles. The average molecular weight is 504 g/mol. The van der Waals surface area contributed by atoms with Gasteiger partial charge in [-0.3, -0.25) is 9.48 Å². The molecule has 0 bridgehead atoms. The van der Waals surface area contributed by atoms with Gasteiger partial charge in [-0.2, -0.15) is 18.3 Å². The van der Waals surface area contributed by atoms with Crippen LogP contribution in [0.25, 0.3) is 0 Å². The summed E-state index contributed by atoms with van der Waals surface area (Å²) in [6.07, 6.45) is -3.63. The molecule has 156 valence electrons. The quantitative estimate of drug-likeness (QED) is 0.246. The van der Waals surface area contributed by atoms with E-state index in [-0.39, 0.29) is 30.5 Å². The standard InChI is InChI=1S/C16H27F3N6O.HI/c1-5-20-15(22-10-14(26)24(4)11-16(17,18)19)21-7-6-8-25-13(3)9-12(2)23-25;/h9H,5-8,10-11H2,1-4H3,(H2,20,21,22);1H. The number of nitrogens with one attached hydrogen (secondary N) is 2. The predicted octanol–water partition coefficient (Wildman–Crippen LogP) is 2.08. The Hall–Kier alpha value is -1.53. The summed E-state index contributed by atoms with van der Waals surface area (Å²) in [6, 6.07) is 2.00. The Bertz CT molecular complexity index is 618. The van der Waals surface area contributed by atoms with Crippen molar-refractivity contribution in [3.63, 3.8) is 0 Å². The number of halogens is 4. The van der Waals surface area contributed by atoms with Crippen LogP contribution in [-0.2, 0) is 11.3 Å². The molecule has 0 spiro atoms. The number of nitrogens with zero attached hydrogens (tertiary/aromatic N) is 4. The first-order valence-corrected chi connectivity index (χ1v) is 8.46. The summed E-state index contributed by atoms with van der Waals surface area (Å²) in [7, 11) is 1.11. The number of aryl methyl sites for hydroxylation is 3. The van der Waals surface area contributed by atoms with Crippen molar-refractivity contribution in [2.75, 3.05) is 33.2 Å². The molecule has 1 aromatic heterocycles. The van der Waals surface area contributed by atoms with E-state index in [0.717, 1.165) is 31.4 Å². The van der Waals surface area contributed by atoms with E-state index in [1.54, 1.807) is 0 Å². The lowest BCUT2D eigenvalue weighted by atomic mass is 10.4. The zero-order chi connectivity index (χ0) is 19.7. The first kappa shape index (κ1) is 25.5. The predicted molar refractivity (Wildman–Crippen MR) is 109 cm³/mol. The minimum absolute atomic E-state index is 0. The number of aliphatic imine (C=N–C) groups is 1. The second-order valence-corrected chi connectivity index (χ2v) is 5.99. The van der Waals surface area contributed by atoms with Crippen LogP contribution in [-0.4, -0.2) is 66.0 Å².